The van der Waals surface area contributed by atoms with Gasteiger partial charge in [0, 0.05) is 30.5 Å². The van der Waals surface area contributed by atoms with Crippen molar-refractivity contribution in [3.8, 4) is 0 Å². The van der Waals surface area contributed by atoms with Crippen LogP contribution in [0.2, 0.25) is 5.02 Å². The van der Waals surface area contributed by atoms with Gasteiger partial charge < -0.3 is 10.2 Å². The van der Waals surface area contributed by atoms with E-state index in [0.717, 1.165) is 16.9 Å². The highest BCUT2D eigenvalue weighted by atomic mass is 35.5. The Morgan fingerprint density at radius 3 is 2.44 bits per heavy atom. The van der Waals surface area contributed by atoms with Crippen LogP contribution in [0.25, 0.3) is 0 Å². The number of amides is 2. The summed E-state index contributed by atoms with van der Waals surface area (Å²) in [5.74, 6) is -0.482. The number of nitrogens with zero attached hydrogens (tertiary/aromatic N) is 2. The highest BCUT2D eigenvalue weighted by Gasteiger charge is 2.40. The fourth-order valence-electron chi connectivity index (χ4n) is 2.89. The van der Waals surface area contributed by atoms with Crippen LogP contribution >= 0.6 is 11.6 Å². The first-order valence-electron chi connectivity index (χ1n) is 8.04. The van der Waals surface area contributed by atoms with Crippen molar-refractivity contribution in [2.45, 2.75) is 19.4 Å². The number of hydrogen-bond acceptors (Lipinski definition) is 4. The minimum Gasteiger partial charge on any atom is -0.378 e. The molecule has 3 rings (SSSR count). The second-order valence-corrected chi connectivity index (χ2v) is 6.70. The summed E-state index contributed by atoms with van der Waals surface area (Å²) < 4.78 is 0. The van der Waals surface area contributed by atoms with Gasteiger partial charge >= 0.3 is 0 Å². The van der Waals surface area contributed by atoms with E-state index in [9.17, 15) is 9.59 Å². The van der Waals surface area contributed by atoms with Gasteiger partial charge in [-0.15, -0.1) is 0 Å². The van der Waals surface area contributed by atoms with Gasteiger partial charge in [-0.05, 0) is 48.9 Å². The molecule has 1 aliphatic rings. The van der Waals surface area contributed by atoms with E-state index in [-0.39, 0.29) is 18.2 Å². The third-order valence-electron chi connectivity index (χ3n) is 4.35. The van der Waals surface area contributed by atoms with Crippen molar-refractivity contribution in [2.75, 3.05) is 29.2 Å². The zero-order valence-electron chi connectivity index (χ0n) is 14.4. The third-order valence-corrected chi connectivity index (χ3v) is 4.76. The maximum atomic E-state index is 12.8. The lowest BCUT2D eigenvalue weighted by atomic mass is 10.2. The van der Waals surface area contributed by atoms with Crippen molar-refractivity contribution in [1.82, 2.24) is 0 Å². The Kier molecular flexibility index (Phi) is 4.68. The summed E-state index contributed by atoms with van der Waals surface area (Å²) in [5.41, 5.74) is 3.15. The van der Waals surface area contributed by atoms with Crippen LogP contribution in [-0.4, -0.2) is 32.0 Å². The highest BCUT2D eigenvalue weighted by Crippen LogP contribution is 2.31. The van der Waals surface area contributed by atoms with Crippen LogP contribution in [0, 0.1) is 6.92 Å². The molecule has 25 heavy (non-hydrogen) atoms. The first-order chi connectivity index (χ1) is 11.9. The van der Waals surface area contributed by atoms with E-state index >= 15 is 0 Å². The number of benzene rings is 2. The van der Waals surface area contributed by atoms with E-state index in [1.165, 1.54) is 4.90 Å². The van der Waals surface area contributed by atoms with Gasteiger partial charge in [0.1, 0.15) is 6.04 Å². The minimum absolute atomic E-state index is 0.125. The van der Waals surface area contributed by atoms with Crippen molar-refractivity contribution in [3.63, 3.8) is 0 Å². The minimum atomic E-state index is -0.573. The van der Waals surface area contributed by atoms with Gasteiger partial charge in [-0.2, -0.15) is 0 Å². The Morgan fingerprint density at radius 2 is 1.80 bits per heavy atom. The zero-order chi connectivity index (χ0) is 18.1. The lowest BCUT2D eigenvalue weighted by Gasteiger charge is -2.19. The molecule has 2 amide bonds. The molecule has 5 nitrogen and oxygen atoms in total. The van der Waals surface area contributed by atoms with E-state index in [1.807, 2.05) is 43.3 Å². The second-order valence-electron chi connectivity index (χ2n) is 6.29. The molecule has 1 atom stereocenters. The Bertz CT molecular complexity index is 818. The lowest BCUT2D eigenvalue weighted by molar-refractivity contribution is -0.121. The number of rotatable bonds is 4. The number of nitrogens with one attached hydrogen (secondary N) is 1. The van der Waals surface area contributed by atoms with Crippen molar-refractivity contribution >= 4 is 40.5 Å². The summed E-state index contributed by atoms with van der Waals surface area (Å²) in [5, 5.41) is 3.69. The molecule has 1 heterocycles. The van der Waals surface area contributed by atoms with Gasteiger partial charge in [0.25, 0.3) is 5.91 Å². The fraction of sp³-hybridized carbons (Fsp3) is 0.263. The number of imide groups is 1. The predicted molar refractivity (Wildman–Crippen MR) is 101 cm³/mol. The second kappa shape index (κ2) is 6.76. The molecule has 2 aromatic carbocycles. The molecule has 1 aliphatic heterocycles. The van der Waals surface area contributed by atoms with Gasteiger partial charge in [0.05, 0.1) is 12.1 Å². The molecule has 130 valence electrons. The van der Waals surface area contributed by atoms with Crippen LogP contribution in [0.5, 0.6) is 0 Å². The molecule has 0 unspecified atom stereocenters. The highest BCUT2D eigenvalue weighted by molar-refractivity contribution is 6.32. The summed E-state index contributed by atoms with van der Waals surface area (Å²) in [7, 11) is 3.93. The molecule has 6 heteroatoms. The zero-order valence-corrected chi connectivity index (χ0v) is 15.2. The van der Waals surface area contributed by atoms with Crippen LogP contribution in [0.4, 0.5) is 17.1 Å². The molecule has 0 spiro atoms. The molecule has 1 fully saturated rings. The number of carbonyl (C=O) groups excluding carboxylic acids is 2. The van der Waals surface area contributed by atoms with E-state index < -0.39 is 6.04 Å². The average molecular weight is 358 g/mol. The topological polar surface area (TPSA) is 52.7 Å². The molecule has 0 bridgehead atoms. The van der Waals surface area contributed by atoms with Gasteiger partial charge in [-0.25, -0.2) is 4.90 Å². The number of anilines is 3. The Balaban J connectivity index is 1.80. The van der Waals surface area contributed by atoms with Crippen molar-refractivity contribution in [2.24, 2.45) is 0 Å². The number of hydrogen-bond donors (Lipinski definition) is 1. The quantitative estimate of drug-likeness (QED) is 0.851. The maximum absolute atomic E-state index is 12.8. The van der Waals surface area contributed by atoms with Crippen molar-refractivity contribution in [1.29, 1.82) is 0 Å². The molecule has 1 saturated heterocycles. The van der Waals surface area contributed by atoms with Crippen LogP contribution in [0.3, 0.4) is 0 Å². The van der Waals surface area contributed by atoms with Crippen LogP contribution < -0.4 is 15.1 Å². The van der Waals surface area contributed by atoms with E-state index in [1.54, 1.807) is 25.1 Å². The molecular weight excluding hydrogens is 338 g/mol. The van der Waals surface area contributed by atoms with Gasteiger partial charge in [0.15, 0.2) is 0 Å². The first kappa shape index (κ1) is 17.3. The molecule has 2 aromatic rings. The summed E-state index contributed by atoms with van der Waals surface area (Å²) in [4.78, 5) is 28.4. The molecular formula is C19H20ClN3O2. The molecule has 0 aliphatic carbocycles. The largest absolute Gasteiger partial charge is 0.378 e. The predicted octanol–water partition coefficient (Wildman–Crippen LogP) is 3.46. The third kappa shape index (κ3) is 3.33. The maximum Gasteiger partial charge on any atom is 0.256 e. The smallest absolute Gasteiger partial charge is 0.256 e. The van der Waals surface area contributed by atoms with Crippen LogP contribution in [-0.2, 0) is 9.59 Å². The van der Waals surface area contributed by atoms with E-state index in [0.29, 0.717) is 10.7 Å². The lowest BCUT2D eigenvalue weighted by Crippen LogP contribution is -2.35. The monoisotopic (exact) mass is 357 g/mol. The van der Waals surface area contributed by atoms with Crippen LogP contribution in [0.15, 0.2) is 42.5 Å². The average Bonchev–Trinajstić information content (AvgIpc) is 2.85. The first-order valence-corrected chi connectivity index (χ1v) is 8.42. The normalized spacial score (nSPS) is 17.1. The molecule has 1 N–H and O–H groups in total. The Hall–Kier alpha value is -2.53. The fourth-order valence-corrected chi connectivity index (χ4v) is 3.06. The number of carbonyl (C=O) groups is 2. The van der Waals surface area contributed by atoms with Crippen molar-refractivity contribution in [3.05, 3.63) is 53.1 Å². The van der Waals surface area contributed by atoms with Crippen molar-refractivity contribution < 1.29 is 9.59 Å². The summed E-state index contributed by atoms with van der Waals surface area (Å²) in [6.07, 6.45) is 0.125. The van der Waals surface area contributed by atoms with E-state index in [2.05, 4.69) is 5.32 Å². The van der Waals surface area contributed by atoms with E-state index in [4.69, 9.17) is 11.6 Å². The molecule has 0 saturated carbocycles. The van der Waals surface area contributed by atoms with Gasteiger partial charge in [-0.1, -0.05) is 17.7 Å². The van der Waals surface area contributed by atoms with Crippen LogP contribution in [0.1, 0.15) is 12.0 Å². The van der Waals surface area contributed by atoms with Gasteiger partial charge in [-0.3, -0.25) is 9.59 Å². The summed E-state index contributed by atoms with van der Waals surface area (Å²) in [6, 6.07) is 12.4. The molecule has 0 radical (unpaired) electrons. The Morgan fingerprint density at radius 1 is 1.12 bits per heavy atom. The molecule has 0 aromatic heterocycles. The van der Waals surface area contributed by atoms with Gasteiger partial charge in [0.2, 0.25) is 5.91 Å². The standard InChI is InChI=1S/C19H20ClN3O2/c1-12-15(20)5-4-6-17(12)23-18(24)11-16(19(23)25)21-13-7-9-14(10-8-13)22(2)3/h4-10,16,21H,11H2,1-3H3/t16-/m0/s1. The number of halogens is 1. The summed E-state index contributed by atoms with van der Waals surface area (Å²) in [6.45, 7) is 1.80. The SMILES string of the molecule is Cc1c(Cl)cccc1N1C(=O)C[C@H](Nc2ccc(N(C)C)cc2)C1=O. The Labute approximate surface area is 152 Å². The summed E-state index contributed by atoms with van der Waals surface area (Å²) >= 11 is 6.13.